The number of hydrogen-bond acceptors (Lipinski definition) is 5. The molecule has 0 spiro atoms. The summed E-state index contributed by atoms with van der Waals surface area (Å²) in [6.45, 7) is 10.8. The van der Waals surface area contributed by atoms with Crippen LogP contribution >= 0.6 is 11.8 Å². The zero-order chi connectivity index (χ0) is 14.0. The first-order valence-corrected chi connectivity index (χ1v) is 8.00. The Morgan fingerprint density at radius 2 is 2.11 bits per heavy atom. The summed E-state index contributed by atoms with van der Waals surface area (Å²) in [5.74, 6) is 4.52. The van der Waals surface area contributed by atoms with E-state index in [1.807, 2.05) is 18.8 Å². The molecule has 19 heavy (non-hydrogen) atoms. The predicted molar refractivity (Wildman–Crippen MR) is 84.5 cm³/mol. The number of thioether (sulfide) groups is 1. The van der Waals surface area contributed by atoms with Gasteiger partial charge in [0.25, 0.3) is 0 Å². The summed E-state index contributed by atoms with van der Waals surface area (Å²) in [5.41, 5.74) is 1.16. The van der Waals surface area contributed by atoms with Gasteiger partial charge in [-0.15, -0.1) is 0 Å². The lowest BCUT2D eigenvalue weighted by molar-refractivity contribution is 0.731. The van der Waals surface area contributed by atoms with Gasteiger partial charge < -0.3 is 10.2 Å². The lowest BCUT2D eigenvalue weighted by Crippen LogP contribution is -2.38. The largest absolute Gasteiger partial charge is 0.373 e. The van der Waals surface area contributed by atoms with Crippen LogP contribution in [0, 0.1) is 6.92 Å². The second-order valence-corrected chi connectivity index (χ2v) is 6.96. The van der Waals surface area contributed by atoms with Crippen LogP contribution in [0.1, 0.15) is 38.1 Å². The number of nitrogens with zero attached hydrogens (tertiary/aromatic N) is 3. The number of aromatic nitrogens is 2. The molecular weight excluding hydrogens is 256 g/mol. The van der Waals surface area contributed by atoms with Crippen molar-refractivity contribution < 1.29 is 0 Å². The summed E-state index contributed by atoms with van der Waals surface area (Å²) in [6, 6.07) is 0. The molecule has 0 saturated carbocycles. The number of anilines is 2. The maximum absolute atomic E-state index is 4.80. The van der Waals surface area contributed by atoms with Crippen LogP contribution in [-0.4, -0.2) is 41.1 Å². The first-order valence-electron chi connectivity index (χ1n) is 6.95. The van der Waals surface area contributed by atoms with Gasteiger partial charge in [0.2, 0.25) is 0 Å². The topological polar surface area (TPSA) is 41.1 Å². The van der Waals surface area contributed by atoms with Crippen molar-refractivity contribution in [2.45, 2.75) is 38.9 Å². The smallest absolute Gasteiger partial charge is 0.137 e. The van der Waals surface area contributed by atoms with E-state index in [9.17, 15) is 0 Å². The molecule has 1 unspecified atom stereocenters. The van der Waals surface area contributed by atoms with Gasteiger partial charge in [-0.05, 0) is 6.92 Å². The Morgan fingerprint density at radius 1 is 1.37 bits per heavy atom. The molecule has 1 N–H and O–H groups in total. The molecule has 1 saturated heterocycles. The highest BCUT2D eigenvalue weighted by Gasteiger charge is 2.22. The Bertz CT molecular complexity index is 447. The van der Waals surface area contributed by atoms with E-state index >= 15 is 0 Å². The van der Waals surface area contributed by atoms with Gasteiger partial charge in [-0.3, -0.25) is 0 Å². The lowest BCUT2D eigenvalue weighted by atomic mass is 10.2. The fraction of sp³-hybridized carbons (Fsp3) is 0.714. The van der Waals surface area contributed by atoms with E-state index in [0.29, 0.717) is 11.2 Å². The Morgan fingerprint density at radius 3 is 2.68 bits per heavy atom. The van der Waals surface area contributed by atoms with Crippen LogP contribution in [-0.2, 0) is 0 Å². The molecule has 1 aromatic heterocycles. The SMILES string of the molecule is CNc1nc(C(C)C)nc(N2CCSC(C)C2)c1C. The first kappa shape index (κ1) is 14.4. The summed E-state index contributed by atoms with van der Waals surface area (Å²) >= 11 is 2.04. The normalized spacial score (nSPS) is 19.9. The quantitative estimate of drug-likeness (QED) is 0.922. The molecule has 2 rings (SSSR count). The Hall–Kier alpha value is -0.970. The third kappa shape index (κ3) is 3.14. The molecule has 1 fully saturated rings. The molecule has 0 radical (unpaired) electrons. The zero-order valence-electron chi connectivity index (χ0n) is 12.5. The van der Waals surface area contributed by atoms with Crippen molar-refractivity contribution >= 4 is 23.4 Å². The van der Waals surface area contributed by atoms with Gasteiger partial charge in [0.05, 0.1) is 0 Å². The van der Waals surface area contributed by atoms with Crippen LogP contribution in [0.3, 0.4) is 0 Å². The van der Waals surface area contributed by atoms with Gasteiger partial charge in [-0.25, -0.2) is 9.97 Å². The molecule has 1 aliphatic heterocycles. The number of rotatable bonds is 3. The predicted octanol–water partition coefficient (Wildman–Crippen LogP) is 2.89. The van der Waals surface area contributed by atoms with Gasteiger partial charge in [-0.1, -0.05) is 20.8 Å². The van der Waals surface area contributed by atoms with E-state index < -0.39 is 0 Å². The van der Waals surface area contributed by atoms with E-state index in [0.717, 1.165) is 36.1 Å². The van der Waals surface area contributed by atoms with Gasteiger partial charge >= 0.3 is 0 Å². The Kier molecular flexibility index (Phi) is 4.55. The highest BCUT2D eigenvalue weighted by Crippen LogP contribution is 2.29. The van der Waals surface area contributed by atoms with Crippen molar-refractivity contribution in [2.75, 3.05) is 36.1 Å². The third-order valence-electron chi connectivity index (χ3n) is 3.43. The van der Waals surface area contributed by atoms with Crippen LogP contribution in [0.5, 0.6) is 0 Å². The van der Waals surface area contributed by atoms with E-state index in [1.165, 1.54) is 5.75 Å². The molecule has 0 bridgehead atoms. The molecule has 5 heteroatoms. The Balaban J connectivity index is 2.39. The molecule has 1 aliphatic rings. The minimum Gasteiger partial charge on any atom is -0.373 e. The van der Waals surface area contributed by atoms with Crippen LogP contribution in [0.25, 0.3) is 0 Å². The molecular formula is C14H24N4S. The second-order valence-electron chi connectivity index (χ2n) is 5.41. The van der Waals surface area contributed by atoms with E-state index in [1.54, 1.807) is 0 Å². The summed E-state index contributed by atoms with van der Waals surface area (Å²) < 4.78 is 0. The molecule has 1 atom stereocenters. The Labute approximate surface area is 120 Å². The summed E-state index contributed by atoms with van der Waals surface area (Å²) in [5, 5.41) is 3.87. The maximum atomic E-state index is 4.80. The van der Waals surface area contributed by atoms with Crippen LogP contribution in [0.2, 0.25) is 0 Å². The van der Waals surface area contributed by atoms with Crippen LogP contribution < -0.4 is 10.2 Å². The standard InChI is InChI=1S/C14H24N4S/c1-9(2)12-16-13(15-5)11(4)14(17-12)18-6-7-19-10(3)8-18/h9-10H,6-8H2,1-5H3,(H,15,16,17). The van der Waals surface area contributed by atoms with Gasteiger partial charge in [-0.2, -0.15) is 11.8 Å². The van der Waals surface area contributed by atoms with E-state index in [2.05, 4.69) is 42.9 Å². The fourth-order valence-corrected chi connectivity index (χ4v) is 3.36. The third-order valence-corrected chi connectivity index (χ3v) is 4.57. The van der Waals surface area contributed by atoms with Crippen LogP contribution in [0.15, 0.2) is 0 Å². The highest BCUT2D eigenvalue weighted by molar-refractivity contribution is 8.00. The molecule has 1 aromatic rings. The van der Waals surface area contributed by atoms with Crippen molar-refractivity contribution in [3.05, 3.63) is 11.4 Å². The molecule has 0 aliphatic carbocycles. The van der Waals surface area contributed by atoms with Gasteiger partial charge in [0, 0.05) is 42.6 Å². The molecule has 0 aromatic carbocycles. The minimum atomic E-state index is 0.350. The molecule has 2 heterocycles. The van der Waals surface area contributed by atoms with Gasteiger partial charge in [0.1, 0.15) is 17.5 Å². The first-order chi connectivity index (χ1) is 9.02. The summed E-state index contributed by atoms with van der Waals surface area (Å²) in [7, 11) is 1.93. The highest BCUT2D eigenvalue weighted by atomic mass is 32.2. The van der Waals surface area contributed by atoms with Crippen molar-refractivity contribution in [3.8, 4) is 0 Å². The van der Waals surface area contributed by atoms with Crippen molar-refractivity contribution in [3.63, 3.8) is 0 Å². The van der Waals surface area contributed by atoms with Crippen molar-refractivity contribution in [2.24, 2.45) is 0 Å². The van der Waals surface area contributed by atoms with E-state index in [-0.39, 0.29) is 0 Å². The monoisotopic (exact) mass is 280 g/mol. The van der Waals surface area contributed by atoms with Crippen LogP contribution in [0.4, 0.5) is 11.6 Å². The minimum absolute atomic E-state index is 0.350. The van der Waals surface area contributed by atoms with Gasteiger partial charge in [0.15, 0.2) is 0 Å². The number of nitrogens with one attached hydrogen (secondary N) is 1. The van der Waals surface area contributed by atoms with Crippen molar-refractivity contribution in [1.82, 2.24) is 9.97 Å². The molecule has 4 nitrogen and oxygen atoms in total. The lowest BCUT2D eigenvalue weighted by Gasteiger charge is -2.33. The second kappa shape index (κ2) is 5.99. The maximum Gasteiger partial charge on any atom is 0.137 e. The average molecular weight is 280 g/mol. The molecule has 0 amide bonds. The summed E-state index contributed by atoms with van der Waals surface area (Å²) in [6.07, 6.45) is 0. The van der Waals surface area contributed by atoms with E-state index in [4.69, 9.17) is 4.98 Å². The summed E-state index contributed by atoms with van der Waals surface area (Å²) in [4.78, 5) is 11.8. The molecule has 106 valence electrons. The number of hydrogen-bond donors (Lipinski definition) is 1. The fourth-order valence-electron chi connectivity index (χ4n) is 2.34. The van der Waals surface area contributed by atoms with Crippen molar-refractivity contribution in [1.29, 1.82) is 0 Å². The zero-order valence-corrected chi connectivity index (χ0v) is 13.3. The average Bonchev–Trinajstić information content (AvgIpc) is 2.38.